The first kappa shape index (κ1) is 22.5. The third-order valence-corrected chi connectivity index (χ3v) is 0.756. The normalized spacial score (nSPS) is 5.45. The topological polar surface area (TPSA) is 20.2 Å². The van der Waals surface area contributed by atoms with E-state index in [9.17, 15) is 0 Å². The number of phenols is 1. The Morgan fingerprint density at radius 1 is 0.818 bits per heavy atom. The monoisotopic (exact) mass is 236 g/mol. The summed E-state index contributed by atoms with van der Waals surface area (Å²) in [6.07, 6.45) is 0. The van der Waals surface area contributed by atoms with Crippen LogP contribution in [0.2, 0.25) is 0 Å². The Balaban J connectivity index is -0.0000000612. The fraction of sp³-hybridized carbons (Fsp3) is 0. The molecule has 1 aromatic rings. The Morgan fingerprint density at radius 3 is 1.36 bits per heavy atom. The van der Waals surface area contributed by atoms with Crippen LogP contribution in [0, 0.1) is 0 Å². The van der Waals surface area contributed by atoms with Gasteiger partial charge in [-0.25, -0.2) is 0 Å². The summed E-state index contributed by atoms with van der Waals surface area (Å²) in [6, 6.07) is 8.71. The zero-order valence-corrected chi connectivity index (χ0v) is 9.63. The van der Waals surface area contributed by atoms with Gasteiger partial charge in [0.25, 0.3) is 0 Å². The highest BCUT2D eigenvalue weighted by atomic mass is 35.5. The third kappa shape index (κ3) is 10.3. The molecule has 0 spiro atoms. The Hall–Kier alpha value is 0.320. The Bertz CT molecular complexity index is 148. The van der Waals surface area contributed by atoms with E-state index < -0.39 is 0 Å². The van der Waals surface area contributed by atoms with Gasteiger partial charge in [0.2, 0.25) is 0 Å². The molecule has 0 amide bonds. The molecule has 1 aromatic carbocycles. The van der Waals surface area contributed by atoms with Gasteiger partial charge < -0.3 is 5.11 Å². The first-order valence-corrected chi connectivity index (χ1v) is 2.13. The molecule has 0 aliphatic rings. The summed E-state index contributed by atoms with van der Waals surface area (Å²) in [6.45, 7) is 0. The summed E-state index contributed by atoms with van der Waals surface area (Å²) in [5.74, 6) is 0.322. The molecule has 0 aromatic heterocycles. The third-order valence-electron chi connectivity index (χ3n) is 0.756. The molecule has 1 atom stereocenters. The molecule has 0 saturated heterocycles. The van der Waals surface area contributed by atoms with Crippen molar-refractivity contribution in [2.75, 3.05) is 0 Å². The number of para-hydroxylation sites is 1. The van der Waals surface area contributed by atoms with Crippen LogP contribution in [0.25, 0.3) is 0 Å². The number of benzene rings is 1. The van der Waals surface area contributed by atoms with Gasteiger partial charge in [0.05, 0.1) is 0 Å². The fourth-order valence-electron chi connectivity index (χ4n) is 0.428. The van der Waals surface area contributed by atoms with Gasteiger partial charge in [0.1, 0.15) is 5.75 Å². The second-order valence-corrected chi connectivity index (χ2v) is 1.34. The van der Waals surface area contributed by atoms with Crippen LogP contribution < -0.4 is 0 Å². The maximum atomic E-state index is 8.63. The molecule has 0 heterocycles. The van der Waals surface area contributed by atoms with Crippen LogP contribution in [0.3, 0.4) is 0 Å². The largest absolute Gasteiger partial charge is 0.508 e. The van der Waals surface area contributed by atoms with Crippen molar-refractivity contribution in [3.05, 3.63) is 30.3 Å². The molecule has 0 aliphatic carbocycles. The fourth-order valence-corrected chi connectivity index (χ4v) is 0.428. The number of rotatable bonds is 0. The first-order chi connectivity index (χ1) is 3.39. The zero-order chi connectivity index (χ0) is 5.11. The van der Waals surface area contributed by atoms with Crippen molar-refractivity contribution in [1.29, 1.82) is 0 Å². The molecule has 0 bridgehead atoms. The van der Waals surface area contributed by atoms with E-state index in [0.717, 1.165) is 0 Å². The van der Waals surface area contributed by atoms with Crippen LogP contribution in [0.5, 0.6) is 5.75 Å². The second-order valence-electron chi connectivity index (χ2n) is 1.34. The average molecular weight is 237 g/mol. The molecule has 68 valence electrons. The molecular weight excluding hydrogens is 225 g/mol. The lowest BCUT2D eigenvalue weighted by Gasteiger charge is -1.82. The molecule has 0 saturated carbocycles. The van der Waals surface area contributed by atoms with Gasteiger partial charge in [-0.2, -0.15) is 9.90 Å². The van der Waals surface area contributed by atoms with Crippen molar-refractivity contribution in [1.82, 2.24) is 0 Å². The molecule has 1 rings (SSSR count). The molecule has 0 radical (unpaired) electrons. The van der Waals surface area contributed by atoms with Crippen LogP contribution in [0.15, 0.2) is 30.3 Å². The van der Waals surface area contributed by atoms with Crippen molar-refractivity contribution in [3.8, 4) is 5.75 Å². The smallest absolute Gasteiger partial charge is 0.115 e. The predicted molar refractivity (Wildman–Crippen MR) is 61.0 cm³/mol. The van der Waals surface area contributed by atoms with Crippen molar-refractivity contribution in [2.45, 2.75) is 0 Å². The molecule has 11 heavy (non-hydrogen) atoms. The molecular formula is C6H12Cl3OP. The van der Waals surface area contributed by atoms with Crippen LogP contribution >= 0.6 is 47.1 Å². The van der Waals surface area contributed by atoms with E-state index in [-0.39, 0.29) is 47.1 Å². The summed E-state index contributed by atoms with van der Waals surface area (Å²) >= 11 is 0. The number of phenolic OH excluding ortho intramolecular Hbond substituents is 1. The minimum absolute atomic E-state index is 0. The standard InChI is InChI=1S/C6H6O.3ClH.H3P/c7-6-4-2-1-3-5-6;;;;/h1-5,7H;3*1H;1H3. The summed E-state index contributed by atoms with van der Waals surface area (Å²) in [5, 5.41) is 8.63. The van der Waals surface area contributed by atoms with E-state index in [1.165, 1.54) is 0 Å². The minimum atomic E-state index is 0. The number of aromatic hydroxyl groups is 1. The van der Waals surface area contributed by atoms with Gasteiger partial charge in [-0.1, -0.05) is 18.2 Å². The van der Waals surface area contributed by atoms with Crippen LogP contribution in [0.4, 0.5) is 0 Å². The maximum Gasteiger partial charge on any atom is 0.115 e. The van der Waals surface area contributed by atoms with Gasteiger partial charge in [-0.05, 0) is 12.1 Å². The van der Waals surface area contributed by atoms with Crippen molar-refractivity contribution in [2.24, 2.45) is 0 Å². The van der Waals surface area contributed by atoms with E-state index in [2.05, 4.69) is 0 Å². The Morgan fingerprint density at radius 2 is 1.18 bits per heavy atom. The lowest BCUT2D eigenvalue weighted by molar-refractivity contribution is 0.475. The summed E-state index contributed by atoms with van der Waals surface area (Å²) in [4.78, 5) is 0. The molecule has 0 fully saturated rings. The van der Waals surface area contributed by atoms with E-state index in [1.54, 1.807) is 24.3 Å². The summed E-state index contributed by atoms with van der Waals surface area (Å²) < 4.78 is 0. The van der Waals surface area contributed by atoms with Gasteiger partial charge in [0.15, 0.2) is 0 Å². The van der Waals surface area contributed by atoms with Gasteiger partial charge in [-0.15, -0.1) is 37.2 Å². The molecule has 1 nitrogen and oxygen atoms in total. The second kappa shape index (κ2) is 12.9. The first-order valence-electron chi connectivity index (χ1n) is 2.13. The van der Waals surface area contributed by atoms with Crippen LogP contribution in [-0.4, -0.2) is 5.11 Å². The number of hydrogen-bond donors (Lipinski definition) is 1. The number of hydrogen-bond acceptors (Lipinski definition) is 1. The van der Waals surface area contributed by atoms with Gasteiger partial charge >= 0.3 is 0 Å². The van der Waals surface area contributed by atoms with Gasteiger partial charge in [-0.3, -0.25) is 0 Å². The predicted octanol–water partition coefficient (Wildman–Crippen LogP) is 2.72. The molecule has 1 unspecified atom stereocenters. The maximum absolute atomic E-state index is 8.63. The lowest BCUT2D eigenvalue weighted by atomic mass is 10.3. The SMILES string of the molecule is Cl.Cl.Cl.Oc1ccccc1.P. The zero-order valence-electron chi connectivity index (χ0n) is 5.77. The van der Waals surface area contributed by atoms with Crippen molar-refractivity contribution in [3.63, 3.8) is 0 Å². The summed E-state index contributed by atoms with van der Waals surface area (Å²) in [7, 11) is 0. The van der Waals surface area contributed by atoms with Gasteiger partial charge in [0, 0.05) is 0 Å². The molecule has 5 heteroatoms. The quantitative estimate of drug-likeness (QED) is 0.688. The molecule has 0 aliphatic heterocycles. The number of halogens is 3. The Labute approximate surface area is 88.4 Å². The van der Waals surface area contributed by atoms with E-state index >= 15 is 0 Å². The van der Waals surface area contributed by atoms with E-state index in [1.807, 2.05) is 6.07 Å². The summed E-state index contributed by atoms with van der Waals surface area (Å²) in [5.41, 5.74) is 0. The highest BCUT2D eigenvalue weighted by Gasteiger charge is 1.74. The van der Waals surface area contributed by atoms with Crippen molar-refractivity contribution >= 4 is 47.1 Å². The molecule has 1 N–H and O–H groups in total. The highest BCUT2D eigenvalue weighted by Crippen LogP contribution is 2.02. The Kier molecular flexibility index (Phi) is 26.5. The van der Waals surface area contributed by atoms with Crippen molar-refractivity contribution < 1.29 is 5.11 Å². The lowest BCUT2D eigenvalue weighted by Crippen LogP contribution is -1.56. The van der Waals surface area contributed by atoms with Crippen LogP contribution in [-0.2, 0) is 0 Å². The average Bonchev–Trinajstić information content (AvgIpc) is 1.69. The van der Waals surface area contributed by atoms with E-state index in [0.29, 0.717) is 5.75 Å². The van der Waals surface area contributed by atoms with Crippen LogP contribution in [0.1, 0.15) is 0 Å². The minimum Gasteiger partial charge on any atom is -0.508 e. The highest BCUT2D eigenvalue weighted by molar-refractivity contribution is 6.92. The van der Waals surface area contributed by atoms with E-state index in [4.69, 9.17) is 5.11 Å².